The summed E-state index contributed by atoms with van der Waals surface area (Å²) in [5, 5.41) is 2.76. The number of hydrogen-bond acceptors (Lipinski definition) is 5. The normalized spacial score (nSPS) is 13.2. The number of sulfonamides is 1. The molecule has 0 aliphatic carbocycles. The van der Waals surface area contributed by atoms with E-state index < -0.39 is 10.0 Å². The number of carbonyl (C=O) groups excluding carboxylic acids is 1. The lowest BCUT2D eigenvalue weighted by Gasteiger charge is -2.19. The molecule has 2 aromatic rings. The molecule has 1 aliphatic rings. The fourth-order valence-electron chi connectivity index (χ4n) is 2.48. The molecular formula is C18H19BrN2O5S. The van der Waals surface area contributed by atoms with E-state index in [0.717, 1.165) is 10.0 Å². The molecule has 0 atom stereocenters. The van der Waals surface area contributed by atoms with Gasteiger partial charge in [-0.3, -0.25) is 4.79 Å². The van der Waals surface area contributed by atoms with Crippen LogP contribution < -0.4 is 19.5 Å². The summed E-state index contributed by atoms with van der Waals surface area (Å²) < 4.78 is 38.5. The number of fused-ring (bicyclic) bond motifs is 1. The van der Waals surface area contributed by atoms with Crippen LogP contribution in [0, 0.1) is 0 Å². The molecule has 0 saturated carbocycles. The number of benzene rings is 2. The van der Waals surface area contributed by atoms with Gasteiger partial charge in [-0.1, -0.05) is 22.0 Å². The SMILES string of the molecule is O=C(CCNS(=O)(=O)c1ccc(Br)cc1)NCc1ccc2c(c1)OCCO2. The van der Waals surface area contributed by atoms with Crippen LogP contribution >= 0.6 is 15.9 Å². The number of nitrogens with one attached hydrogen (secondary N) is 2. The first kappa shape index (κ1) is 19.7. The zero-order valence-electron chi connectivity index (χ0n) is 14.4. The van der Waals surface area contributed by atoms with E-state index in [9.17, 15) is 13.2 Å². The molecule has 1 heterocycles. The van der Waals surface area contributed by atoms with Gasteiger partial charge >= 0.3 is 0 Å². The molecular weight excluding hydrogens is 436 g/mol. The smallest absolute Gasteiger partial charge is 0.240 e. The Morgan fingerprint density at radius 3 is 2.48 bits per heavy atom. The van der Waals surface area contributed by atoms with Crippen LogP contribution in [0.25, 0.3) is 0 Å². The second-order valence-electron chi connectivity index (χ2n) is 5.86. The first-order valence-electron chi connectivity index (χ1n) is 8.34. The monoisotopic (exact) mass is 454 g/mol. The standard InChI is InChI=1S/C18H19BrN2O5S/c19-14-2-4-15(5-3-14)27(23,24)21-8-7-18(22)20-12-13-1-6-16-17(11-13)26-10-9-25-16/h1-6,11,21H,7-10,12H2,(H,20,22). The van der Waals surface area contributed by atoms with Crippen LogP contribution in [0.2, 0.25) is 0 Å². The first-order chi connectivity index (χ1) is 12.9. The second kappa shape index (κ2) is 8.73. The van der Waals surface area contributed by atoms with Crippen LogP contribution in [0.5, 0.6) is 11.5 Å². The molecule has 1 amide bonds. The van der Waals surface area contributed by atoms with Gasteiger partial charge < -0.3 is 14.8 Å². The zero-order chi connectivity index (χ0) is 19.3. The average molecular weight is 455 g/mol. The summed E-state index contributed by atoms with van der Waals surface area (Å²) in [6, 6.07) is 11.8. The minimum atomic E-state index is -3.63. The van der Waals surface area contributed by atoms with Gasteiger partial charge in [-0.05, 0) is 42.0 Å². The quantitative estimate of drug-likeness (QED) is 0.668. The molecule has 0 aromatic heterocycles. The Balaban J connectivity index is 1.45. The van der Waals surface area contributed by atoms with Gasteiger partial charge in [0.15, 0.2) is 11.5 Å². The molecule has 27 heavy (non-hydrogen) atoms. The van der Waals surface area contributed by atoms with Gasteiger partial charge in [-0.25, -0.2) is 13.1 Å². The maximum absolute atomic E-state index is 12.2. The van der Waals surface area contributed by atoms with Crippen molar-refractivity contribution in [3.05, 3.63) is 52.5 Å². The number of halogens is 1. The van der Waals surface area contributed by atoms with E-state index in [1.54, 1.807) is 12.1 Å². The minimum absolute atomic E-state index is 0.0192. The molecule has 0 bridgehead atoms. The summed E-state index contributed by atoms with van der Waals surface area (Å²) in [6.45, 7) is 1.38. The van der Waals surface area contributed by atoms with Crippen molar-refractivity contribution in [1.82, 2.24) is 10.0 Å². The van der Waals surface area contributed by atoms with Crippen molar-refractivity contribution in [2.45, 2.75) is 17.9 Å². The van der Waals surface area contributed by atoms with E-state index in [1.807, 2.05) is 18.2 Å². The van der Waals surface area contributed by atoms with Crippen molar-refractivity contribution in [3.8, 4) is 11.5 Å². The predicted molar refractivity (Wildman–Crippen MR) is 103 cm³/mol. The van der Waals surface area contributed by atoms with E-state index in [0.29, 0.717) is 31.3 Å². The maximum atomic E-state index is 12.2. The van der Waals surface area contributed by atoms with Crippen molar-refractivity contribution in [1.29, 1.82) is 0 Å². The van der Waals surface area contributed by atoms with Crippen molar-refractivity contribution in [2.75, 3.05) is 19.8 Å². The molecule has 2 N–H and O–H groups in total. The van der Waals surface area contributed by atoms with Crippen LogP contribution in [0.3, 0.4) is 0 Å². The molecule has 0 saturated heterocycles. The number of rotatable bonds is 7. The fourth-order valence-corrected chi connectivity index (χ4v) is 3.78. The average Bonchev–Trinajstić information content (AvgIpc) is 2.66. The molecule has 9 heteroatoms. The van der Waals surface area contributed by atoms with Crippen LogP contribution in [0.1, 0.15) is 12.0 Å². The van der Waals surface area contributed by atoms with Crippen LogP contribution in [-0.2, 0) is 21.4 Å². The second-order valence-corrected chi connectivity index (χ2v) is 8.54. The molecule has 0 spiro atoms. The molecule has 0 radical (unpaired) electrons. The summed E-state index contributed by atoms with van der Waals surface area (Å²) in [5.74, 6) is 1.11. The van der Waals surface area contributed by atoms with E-state index in [1.165, 1.54) is 12.1 Å². The summed E-state index contributed by atoms with van der Waals surface area (Å²) in [7, 11) is -3.63. The Kier molecular flexibility index (Phi) is 6.35. The first-order valence-corrected chi connectivity index (χ1v) is 10.6. The highest BCUT2D eigenvalue weighted by atomic mass is 79.9. The molecule has 1 aliphatic heterocycles. The highest BCUT2D eigenvalue weighted by molar-refractivity contribution is 9.10. The number of hydrogen-bond donors (Lipinski definition) is 2. The third kappa shape index (κ3) is 5.44. The Labute approximate surface area is 166 Å². The Hall–Kier alpha value is -2.10. The summed E-state index contributed by atoms with van der Waals surface area (Å²) >= 11 is 3.26. The molecule has 0 fully saturated rings. The summed E-state index contributed by atoms with van der Waals surface area (Å²) in [4.78, 5) is 12.1. The van der Waals surface area contributed by atoms with Gasteiger partial charge in [0.1, 0.15) is 13.2 Å². The Bertz CT molecular complexity index is 916. The lowest BCUT2D eigenvalue weighted by atomic mass is 10.2. The number of carbonyl (C=O) groups is 1. The van der Waals surface area contributed by atoms with Gasteiger partial charge in [-0.2, -0.15) is 0 Å². The van der Waals surface area contributed by atoms with E-state index in [-0.39, 0.29) is 23.8 Å². The lowest BCUT2D eigenvalue weighted by Crippen LogP contribution is -2.30. The summed E-state index contributed by atoms with van der Waals surface area (Å²) in [6.07, 6.45) is 0.0420. The highest BCUT2D eigenvalue weighted by Gasteiger charge is 2.14. The summed E-state index contributed by atoms with van der Waals surface area (Å²) in [5.41, 5.74) is 0.878. The van der Waals surface area contributed by atoms with Crippen molar-refractivity contribution in [2.24, 2.45) is 0 Å². The Morgan fingerprint density at radius 1 is 1.04 bits per heavy atom. The van der Waals surface area contributed by atoms with Gasteiger partial charge in [0.05, 0.1) is 4.90 Å². The number of ether oxygens (including phenoxy) is 2. The van der Waals surface area contributed by atoms with Gasteiger partial charge in [0.2, 0.25) is 15.9 Å². The number of amides is 1. The van der Waals surface area contributed by atoms with Crippen molar-refractivity contribution < 1.29 is 22.7 Å². The van der Waals surface area contributed by atoms with Gasteiger partial charge in [0.25, 0.3) is 0 Å². The molecule has 2 aromatic carbocycles. The third-order valence-electron chi connectivity index (χ3n) is 3.86. The van der Waals surface area contributed by atoms with Crippen molar-refractivity contribution in [3.63, 3.8) is 0 Å². The van der Waals surface area contributed by atoms with E-state index in [4.69, 9.17) is 9.47 Å². The zero-order valence-corrected chi connectivity index (χ0v) is 16.8. The van der Waals surface area contributed by atoms with Crippen LogP contribution in [0.4, 0.5) is 0 Å². The third-order valence-corrected chi connectivity index (χ3v) is 5.87. The molecule has 144 valence electrons. The minimum Gasteiger partial charge on any atom is -0.486 e. The van der Waals surface area contributed by atoms with Crippen LogP contribution in [0.15, 0.2) is 51.8 Å². The lowest BCUT2D eigenvalue weighted by molar-refractivity contribution is -0.121. The van der Waals surface area contributed by atoms with E-state index >= 15 is 0 Å². The van der Waals surface area contributed by atoms with Gasteiger partial charge in [-0.15, -0.1) is 0 Å². The Morgan fingerprint density at radius 2 is 1.74 bits per heavy atom. The fraction of sp³-hybridized carbons (Fsp3) is 0.278. The largest absolute Gasteiger partial charge is 0.486 e. The molecule has 7 nitrogen and oxygen atoms in total. The predicted octanol–water partition coefficient (Wildman–Crippen LogP) is 2.21. The molecule has 0 unspecified atom stereocenters. The van der Waals surface area contributed by atoms with E-state index in [2.05, 4.69) is 26.0 Å². The highest BCUT2D eigenvalue weighted by Crippen LogP contribution is 2.30. The van der Waals surface area contributed by atoms with Gasteiger partial charge in [0, 0.05) is 24.0 Å². The van der Waals surface area contributed by atoms with Crippen molar-refractivity contribution >= 4 is 31.9 Å². The topological polar surface area (TPSA) is 93.7 Å². The molecule has 3 rings (SSSR count). The maximum Gasteiger partial charge on any atom is 0.240 e. The van der Waals surface area contributed by atoms with Crippen LogP contribution in [-0.4, -0.2) is 34.1 Å².